The van der Waals surface area contributed by atoms with Gasteiger partial charge >= 0.3 is 5.97 Å². The van der Waals surface area contributed by atoms with Gasteiger partial charge in [-0.2, -0.15) is 0 Å². The van der Waals surface area contributed by atoms with E-state index in [0.29, 0.717) is 5.82 Å². The molecule has 0 saturated carbocycles. The predicted molar refractivity (Wildman–Crippen MR) is 49.1 cm³/mol. The van der Waals surface area contributed by atoms with Crippen LogP contribution in [0.5, 0.6) is 0 Å². The maximum absolute atomic E-state index is 11.0. The molecule has 4 heteroatoms. The Kier molecular flexibility index (Phi) is 2.84. The van der Waals surface area contributed by atoms with Crippen LogP contribution in [0.15, 0.2) is 12.3 Å². The fourth-order valence-corrected chi connectivity index (χ4v) is 1.06. The lowest BCUT2D eigenvalue weighted by Crippen LogP contribution is -2.09. The van der Waals surface area contributed by atoms with Crippen molar-refractivity contribution in [3.05, 3.63) is 23.4 Å². The highest BCUT2D eigenvalue weighted by atomic mass is 16.5. The predicted octanol–water partition coefficient (Wildman–Crippen LogP) is 0.688. The normalized spacial score (nSPS) is 9.69. The first-order valence-electron chi connectivity index (χ1n) is 3.92. The quantitative estimate of drug-likeness (QED) is 0.680. The fourth-order valence-electron chi connectivity index (χ4n) is 1.06. The number of esters is 1. The number of carbonyl (C=O) groups is 1. The number of nitrogens with zero attached hydrogens (tertiary/aromatic N) is 1. The maximum atomic E-state index is 11.0. The number of anilines is 1. The first-order chi connectivity index (χ1) is 6.15. The van der Waals surface area contributed by atoms with Gasteiger partial charge in [-0.1, -0.05) is 0 Å². The van der Waals surface area contributed by atoms with E-state index in [-0.39, 0.29) is 12.4 Å². The van der Waals surface area contributed by atoms with Crippen LogP contribution in [0.25, 0.3) is 0 Å². The van der Waals surface area contributed by atoms with Crippen LogP contribution < -0.4 is 5.73 Å². The molecule has 0 saturated heterocycles. The molecule has 70 valence electrons. The van der Waals surface area contributed by atoms with Crippen LogP contribution in [0.4, 0.5) is 5.82 Å². The highest BCUT2D eigenvalue weighted by Crippen LogP contribution is 2.14. The zero-order chi connectivity index (χ0) is 9.84. The minimum Gasteiger partial charge on any atom is -0.469 e. The third kappa shape index (κ3) is 2.18. The summed E-state index contributed by atoms with van der Waals surface area (Å²) in [4.78, 5) is 14.9. The summed E-state index contributed by atoms with van der Waals surface area (Å²) in [6, 6.07) is 1.81. The number of pyridine rings is 1. The molecule has 0 spiro atoms. The minimum absolute atomic E-state index is 0.183. The van der Waals surface area contributed by atoms with Crippen molar-refractivity contribution in [1.29, 1.82) is 0 Å². The summed E-state index contributed by atoms with van der Waals surface area (Å²) in [7, 11) is 1.35. The van der Waals surface area contributed by atoms with Crippen LogP contribution in [-0.4, -0.2) is 18.1 Å². The van der Waals surface area contributed by atoms with Crippen molar-refractivity contribution in [2.45, 2.75) is 13.3 Å². The number of nitrogens with two attached hydrogens (primary N) is 1. The SMILES string of the molecule is COC(=O)Cc1c(C)ccnc1N. The van der Waals surface area contributed by atoms with Gasteiger partial charge in [0.05, 0.1) is 13.5 Å². The van der Waals surface area contributed by atoms with Crippen molar-refractivity contribution in [2.75, 3.05) is 12.8 Å². The van der Waals surface area contributed by atoms with Gasteiger partial charge in [-0.05, 0) is 18.6 Å². The Morgan fingerprint density at radius 3 is 2.92 bits per heavy atom. The largest absolute Gasteiger partial charge is 0.469 e. The fraction of sp³-hybridized carbons (Fsp3) is 0.333. The molecule has 0 fully saturated rings. The molecule has 1 aromatic heterocycles. The van der Waals surface area contributed by atoms with Gasteiger partial charge in [0.2, 0.25) is 0 Å². The third-order valence-electron chi connectivity index (χ3n) is 1.87. The van der Waals surface area contributed by atoms with Crippen LogP contribution in [0, 0.1) is 6.92 Å². The molecule has 0 bridgehead atoms. The van der Waals surface area contributed by atoms with E-state index in [1.54, 1.807) is 6.20 Å². The molecule has 0 radical (unpaired) electrons. The number of rotatable bonds is 2. The summed E-state index contributed by atoms with van der Waals surface area (Å²) in [5.41, 5.74) is 7.31. The average Bonchev–Trinajstić information content (AvgIpc) is 2.11. The zero-order valence-electron chi connectivity index (χ0n) is 7.70. The standard InChI is InChI=1S/C9H12N2O2/c1-6-3-4-11-9(10)7(6)5-8(12)13-2/h3-4H,5H2,1-2H3,(H2,10,11). The van der Waals surface area contributed by atoms with Gasteiger partial charge in [-0.25, -0.2) is 4.98 Å². The van der Waals surface area contributed by atoms with Crippen LogP contribution in [0.2, 0.25) is 0 Å². The van der Waals surface area contributed by atoms with Crippen LogP contribution in [-0.2, 0) is 16.0 Å². The number of methoxy groups -OCH3 is 1. The highest BCUT2D eigenvalue weighted by Gasteiger charge is 2.09. The van der Waals surface area contributed by atoms with E-state index in [1.807, 2.05) is 13.0 Å². The Hall–Kier alpha value is -1.58. The van der Waals surface area contributed by atoms with Crippen molar-refractivity contribution in [1.82, 2.24) is 4.98 Å². The van der Waals surface area contributed by atoms with Gasteiger partial charge in [0.1, 0.15) is 5.82 Å². The van der Waals surface area contributed by atoms with Crippen molar-refractivity contribution < 1.29 is 9.53 Å². The van der Waals surface area contributed by atoms with Gasteiger partial charge in [-0.3, -0.25) is 4.79 Å². The molecule has 2 N–H and O–H groups in total. The Balaban J connectivity index is 2.93. The second-order valence-corrected chi connectivity index (χ2v) is 2.74. The van der Waals surface area contributed by atoms with Gasteiger partial charge in [0.15, 0.2) is 0 Å². The molecule has 0 unspecified atom stereocenters. The second kappa shape index (κ2) is 3.89. The first kappa shape index (κ1) is 9.51. The molecular formula is C9H12N2O2. The molecule has 4 nitrogen and oxygen atoms in total. The van der Waals surface area contributed by atoms with E-state index in [0.717, 1.165) is 11.1 Å². The first-order valence-corrected chi connectivity index (χ1v) is 3.92. The lowest BCUT2D eigenvalue weighted by Gasteiger charge is -2.06. The summed E-state index contributed by atoms with van der Waals surface area (Å²) in [5.74, 6) is 0.0909. The van der Waals surface area contributed by atoms with Gasteiger partial charge in [0, 0.05) is 11.8 Å². The molecule has 1 heterocycles. The number of hydrogen-bond donors (Lipinski definition) is 1. The summed E-state index contributed by atoms with van der Waals surface area (Å²) < 4.78 is 4.54. The van der Waals surface area contributed by atoms with Gasteiger partial charge < -0.3 is 10.5 Å². The molecule has 0 amide bonds. The zero-order valence-corrected chi connectivity index (χ0v) is 7.70. The molecule has 13 heavy (non-hydrogen) atoms. The number of aromatic nitrogens is 1. The molecule has 0 aliphatic heterocycles. The monoisotopic (exact) mass is 180 g/mol. The third-order valence-corrected chi connectivity index (χ3v) is 1.87. The molecular weight excluding hydrogens is 168 g/mol. The number of hydrogen-bond acceptors (Lipinski definition) is 4. The molecule has 0 aliphatic carbocycles. The van der Waals surface area contributed by atoms with Crippen molar-refractivity contribution in [3.63, 3.8) is 0 Å². The molecule has 0 atom stereocenters. The Morgan fingerprint density at radius 2 is 2.38 bits per heavy atom. The van der Waals surface area contributed by atoms with E-state index >= 15 is 0 Å². The smallest absolute Gasteiger partial charge is 0.310 e. The minimum atomic E-state index is -0.303. The molecule has 0 aliphatic rings. The van der Waals surface area contributed by atoms with Crippen molar-refractivity contribution in [3.8, 4) is 0 Å². The summed E-state index contributed by atoms with van der Waals surface area (Å²) in [6.45, 7) is 1.89. The number of aryl methyl sites for hydroxylation is 1. The van der Waals surface area contributed by atoms with Crippen LogP contribution >= 0.6 is 0 Å². The van der Waals surface area contributed by atoms with E-state index in [2.05, 4.69) is 9.72 Å². The van der Waals surface area contributed by atoms with Gasteiger partial charge in [-0.15, -0.1) is 0 Å². The second-order valence-electron chi connectivity index (χ2n) is 2.74. The topological polar surface area (TPSA) is 65.2 Å². The van der Waals surface area contributed by atoms with E-state index in [4.69, 9.17) is 5.73 Å². The Labute approximate surface area is 76.7 Å². The summed E-state index contributed by atoms with van der Waals surface area (Å²) >= 11 is 0. The van der Waals surface area contributed by atoms with Crippen molar-refractivity contribution >= 4 is 11.8 Å². The molecule has 1 rings (SSSR count). The van der Waals surface area contributed by atoms with E-state index in [9.17, 15) is 4.79 Å². The molecule has 1 aromatic rings. The maximum Gasteiger partial charge on any atom is 0.310 e. The summed E-state index contributed by atoms with van der Waals surface area (Å²) in [5, 5.41) is 0. The van der Waals surface area contributed by atoms with Gasteiger partial charge in [0.25, 0.3) is 0 Å². The number of carbonyl (C=O) groups excluding carboxylic acids is 1. The number of nitrogen functional groups attached to an aromatic ring is 1. The summed E-state index contributed by atoms with van der Waals surface area (Å²) in [6.07, 6.45) is 1.80. The molecule has 0 aromatic carbocycles. The van der Waals surface area contributed by atoms with E-state index in [1.165, 1.54) is 7.11 Å². The van der Waals surface area contributed by atoms with Crippen LogP contribution in [0.1, 0.15) is 11.1 Å². The van der Waals surface area contributed by atoms with Crippen LogP contribution in [0.3, 0.4) is 0 Å². The lowest BCUT2D eigenvalue weighted by molar-refractivity contribution is -0.139. The number of ether oxygens (including phenoxy) is 1. The van der Waals surface area contributed by atoms with Crippen molar-refractivity contribution in [2.24, 2.45) is 0 Å². The Bertz CT molecular complexity index is 303. The lowest BCUT2D eigenvalue weighted by atomic mass is 10.1. The Morgan fingerprint density at radius 1 is 1.69 bits per heavy atom. The average molecular weight is 180 g/mol. The van der Waals surface area contributed by atoms with E-state index < -0.39 is 0 Å². The highest BCUT2D eigenvalue weighted by molar-refractivity contribution is 5.74.